The summed E-state index contributed by atoms with van der Waals surface area (Å²) in [5.74, 6) is -0.745. The first-order chi connectivity index (χ1) is 14.9. The lowest BCUT2D eigenvalue weighted by atomic mass is 10.1. The molecule has 3 heterocycles. The number of nitrogens with one attached hydrogen (secondary N) is 1. The van der Waals surface area contributed by atoms with Crippen LogP contribution in [0.4, 0.5) is 0 Å². The summed E-state index contributed by atoms with van der Waals surface area (Å²) in [4.78, 5) is 14.3. The molecule has 1 aromatic carbocycles. The molecular weight excluding hydrogens is 418 g/mol. The molecule has 1 unspecified atom stereocenters. The number of carbonyl (C=O) groups is 1. The molecule has 0 aliphatic carbocycles. The largest absolute Gasteiger partial charge is 0.306 e. The second-order valence-electron chi connectivity index (χ2n) is 8.04. The van der Waals surface area contributed by atoms with Gasteiger partial charge in [0, 0.05) is 18.3 Å². The molecule has 2 N–H and O–H groups in total. The Labute approximate surface area is 182 Å². The summed E-state index contributed by atoms with van der Waals surface area (Å²) in [6.07, 6.45) is 9.57. The average Bonchev–Trinajstić information content (AvgIpc) is 3.29. The minimum atomic E-state index is -3.90. The van der Waals surface area contributed by atoms with Crippen LogP contribution < -0.4 is 5.48 Å². The summed E-state index contributed by atoms with van der Waals surface area (Å²) in [5.41, 5.74) is 3.37. The van der Waals surface area contributed by atoms with Gasteiger partial charge in [-0.1, -0.05) is 24.3 Å². The summed E-state index contributed by atoms with van der Waals surface area (Å²) >= 11 is 0. The molecule has 1 fully saturated rings. The van der Waals surface area contributed by atoms with E-state index in [2.05, 4.69) is 17.0 Å². The molecule has 1 amide bonds. The van der Waals surface area contributed by atoms with Gasteiger partial charge < -0.3 is 4.90 Å². The van der Waals surface area contributed by atoms with Crippen molar-refractivity contribution in [2.45, 2.75) is 36.2 Å². The van der Waals surface area contributed by atoms with E-state index in [-0.39, 0.29) is 17.9 Å². The van der Waals surface area contributed by atoms with Crippen molar-refractivity contribution in [1.29, 1.82) is 0 Å². The van der Waals surface area contributed by atoms with Crippen LogP contribution in [-0.2, 0) is 14.8 Å². The van der Waals surface area contributed by atoms with Gasteiger partial charge in [-0.25, -0.2) is 13.9 Å². The van der Waals surface area contributed by atoms with E-state index < -0.39 is 22.0 Å². The third-order valence-corrected chi connectivity index (χ3v) is 7.92. The maximum absolute atomic E-state index is 13.1. The van der Waals surface area contributed by atoms with Crippen LogP contribution in [-0.4, -0.2) is 71.2 Å². The lowest BCUT2D eigenvalue weighted by Gasteiger charge is -2.30. The monoisotopic (exact) mass is 445 g/mol. The van der Waals surface area contributed by atoms with Crippen molar-refractivity contribution in [2.24, 2.45) is 0 Å². The molecule has 1 aromatic heterocycles. The van der Waals surface area contributed by atoms with E-state index in [1.165, 1.54) is 0 Å². The van der Waals surface area contributed by atoms with Crippen molar-refractivity contribution in [2.75, 3.05) is 26.7 Å². The lowest BCUT2D eigenvalue weighted by Crippen LogP contribution is -2.50. The lowest BCUT2D eigenvalue weighted by molar-refractivity contribution is -0.133. The Bertz CT molecular complexity index is 1060. The van der Waals surface area contributed by atoms with Gasteiger partial charge in [-0.2, -0.15) is 9.40 Å². The predicted molar refractivity (Wildman–Crippen MR) is 115 cm³/mol. The number of hydrogen-bond acceptors (Lipinski definition) is 6. The number of hydrogen-bond donors (Lipinski definition) is 2. The van der Waals surface area contributed by atoms with Crippen LogP contribution in [0.3, 0.4) is 0 Å². The SMILES string of the molecule is CN1CCC(n2cc(-c3ccc(S(=O)(=O)N4CC=CCC4C(=O)NO)cc3)cn2)CC1. The Kier molecular flexibility index (Phi) is 6.24. The van der Waals surface area contributed by atoms with Crippen LogP contribution in [0.25, 0.3) is 11.1 Å². The molecule has 9 nitrogen and oxygen atoms in total. The van der Waals surface area contributed by atoms with Gasteiger partial charge in [0.15, 0.2) is 0 Å². The second kappa shape index (κ2) is 8.91. The molecular formula is C21H27N5O4S. The molecule has 2 aromatic rings. The Morgan fingerprint density at radius 2 is 1.84 bits per heavy atom. The zero-order valence-electron chi connectivity index (χ0n) is 17.4. The van der Waals surface area contributed by atoms with Gasteiger partial charge in [0.1, 0.15) is 6.04 Å². The number of rotatable bonds is 5. The fourth-order valence-corrected chi connectivity index (χ4v) is 5.68. The number of amides is 1. The van der Waals surface area contributed by atoms with Gasteiger partial charge in [-0.15, -0.1) is 0 Å². The molecule has 0 saturated carbocycles. The number of benzene rings is 1. The zero-order valence-corrected chi connectivity index (χ0v) is 18.2. The molecule has 4 rings (SSSR count). The van der Waals surface area contributed by atoms with Crippen molar-refractivity contribution >= 4 is 15.9 Å². The number of likely N-dealkylation sites (tertiary alicyclic amines) is 1. The van der Waals surface area contributed by atoms with Crippen LogP contribution in [0.2, 0.25) is 0 Å². The Balaban J connectivity index is 1.53. The molecule has 0 bridgehead atoms. The number of hydroxylamine groups is 1. The molecule has 1 atom stereocenters. The van der Waals surface area contributed by atoms with Gasteiger partial charge in [0.05, 0.1) is 17.1 Å². The number of carbonyl (C=O) groups excluding carboxylic acids is 1. The van der Waals surface area contributed by atoms with Gasteiger partial charge in [0.2, 0.25) is 10.0 Å². The summed E-state index contributed by atoms with van der Waals surface area (Å²) < 4.78 is 29.3. The first kappa shape index (κ1) is 21.7. The summed E-state index contributed by atoms with van der Waals surface area (Å²) in [5, 5.41) is 13.5. The quantitative estimate of drug-likeness (QED) is 0.412. The van der Waals surface area contributed by atoms with Crippen LogP contribution in [0.15, 0.2) is 53.7 Å². The maximum Gasteiger partial charge on any atom is 0.262 e. The molecule has 0 radical (unpaired) electrons. The first-order valence-electron chi connectivity index (χ1n) is 10.3. The molecule has 31 heavy (non-hydrogen) atoms. The molecule has 2 aliphatic heterocycles. The standard InChI is InChI=1S/C21H27N5O4S/c1-24-12-9-18(10-13-24)25-15-17(14-22-25)16-5-7-19(8-6-16)31(29,30)26-11-3-2-4-20(26)21(27)23-28/h2-3,5-8,14-15,18,20,28H,4,9-13H2,1H3,(H,23,27). The van der Waals surface area contributed by atoms with Crippen molar-refractivity contribution in [3.8, 4) is 11.1 Å². The van der Waals surface area contributed by atoms with E-state index in [4.69, 9.17) is 5.21 Å². The highest BCUT2D eigenvalue weighted by Gasteiger charge is 2.36. The van der Waals surface area contributed by atoms with E-state index in [9.17, 15) is 13.2 Å². The smallest absolute Gasteiger partial charge is 0.262 e. The van der Waals surface area contributed by atoms with Crippen molar-refractivity contribution < 1.29 is 18.4 Å². The van der Waals surface area contributed by atoms with Crippen LogP contribution in [0, 0.1) is 0 Å². The highest BCUT2D eigenvalue weighted by molar-refractivity contribution is 7.89. The minimum Gasteiger partial charge on any atom is -0.306 e. The third kappa shape index (κ3) is 4.42. The normalized spacial score (nSPS) is 21.3. The maximum atomic E-state index is 13.1. The molecule has 0 spiro atoms. The van der Waals surface area contributed by atoms with Crippen LogP contribution >= 0.6 is 0 Å². The first-order valence-corrected chi connectivity index (χ1v) is 11.8. The van der Waals surface area contributed by atoms with Crippen molar-refractivity contribution in [1.82, 2.24) is 24.5 Å². The predicted octanol–water partition coefficient (Wildman–Crippen LogP) is 1.64. The van der Waals surface area contributed by atoms with E-state index in [1.54, 1.807) is 48.1 Å². The van der Waals surface area contributed by atoms with Crippen molar-refractivity contribution in [3.05, 3.63) is 48.8 Å². The Hall–Kier alpha value is -2.53. The molecule has 1 saturated heterocycles. The van der Waals surface area contributed by atoms with Gasteiger partial charge in [-0.3, -0.25) is 14.7 Å². The topological polar surface area (TPSA) is 108 Å². The van der Waals surface area contributed by atoms with Gasteiger partial charge in [-0.05, 0) is 57.1 Å². The fourth-order valence-electron chi connectivity index (χ4n) is 4.13. The number of aromatic nitrogens is 2. The Morgan fingerprint density at radius 1 is 1.13 bits per heavy atom. The van der Waals surface area contributed by atoms with E-state index in [0.29, 0.717) is 6.04 Å². The van der Waals surface area contributed by atoms with E-state index in [0.717, 1.165) is 41.4 Å². The molecule has 166 valence electrons. The summed E-state index contributed by atoms with van der Waals surface area (Å²) in [6, 6.07) is 6.00. The number of nitrogens with zero attached hydrogens (tertiary/aromatic N) is 4. The highest BCUT2D eigenvalue weighted by atomic mass is 32.2. The highest BCUT2D eigenvalue weighted by Crippen LogP contribution is 2.28. The van der Waals surface area contributed by atoms with Gasteiger partial charge in [0.25, 0.3) is 5.91 Å². The van der Waals surface area contributed by atoms with Crippen LogP contribution in [0.1, 0.15) is 25.3 Å². The minimum absolute atomic E-state index is 0.0749. The Morgan fingerprint density at radius 3 is 2.52 bits per heavy atom. The molecule has 10 heteroatoms. The van der Waals surface area contributed by atoms with Crippen LogP contribution in [0.5, 0.6) is 0 Å². The summed E-state index contributed by atoms with van der Waals surface area (Å²) in [7, 11) is -1.77. The van der Waals surface area contributed by atoms with E-state index >= 15 is 0 Å². The van der Waals surface area contributed by atoms with Gasteiger partial charge >= 0.3 is 0 Å². The van der Waals surface area contributed by atoms with E-state index in [1.807, 2.05) is 10.9 Å². The zero-order chi connectivity index (χ0) is 22.0. The summed E-state index contributed by atoms with van der Waals surface area (Å²) in [6.45, 7) is 2.17. The third-order valence-electron chi connectivity index (χ3n) is 6.03. The second-order valence-corrected chi connectivity index (χ2v) is 9.93. The number of piperidine rings is 1. The van der Waals surface area contributed by atoms with Crippen molar-refractivity contribution in [3.63, 3.8) is 0 Å². The number of sulfonamides is 1. The molecule has 2 aliphatic rings. The average molecular weight is 446 g/mol. The fraction of sp³-hybridized carbons (Fsp3) is 0.429.